The molecule has 1 amide bonds. The zero-order chi connectivity index (χ0) is 18.2. The number of benzene rings is 2. The number of morpholine rings is 1. The number of quaternary nitrogens is 1. The maximum absolute atomic E-state index is 12.5. The minimum absolute atomic E-state index is 0.000493. The molecule has 0 unspecified atom stereocenters. The summed E-state index contributed by atoms with van der Waals surface area (Å²) in [6.07, 6.45) is 3.48. The zero-order valence-electron chi connectivity index (χ0n) is 15.3. The number of rotatable bonds is 6. The van der Waals surface area contributed by atoms with Gasteiger partial charge in [-0.2, -0.15) is 0 Å². The molecule has 0 bridgehead atoms. The molecule has 0 radical (unpaired) electrons. The van der Waals surface area contributed by atoms with Gasteiger partial charge in [0.25, 0.3) is 0 Å². The van der Waals surface area contributed by atoms with Crippen LogP contribution in [0.15, 0.2) is 60.7 Å². The van der Waals surface area contributed by atoms with E-state index in [1.54, 1.807) is 6.08 Å². The summed E-state index contributed by atoms with van der Waals surface area (Å²) < 4.78 is 5.44. The molecule has 0 saturated carbocycles. The van der Waals surface area contributed by atoms with Gasteiger partial charge in [0, 0.05) is 6.08 Å². The van der Waals surface area contributed by atoms with Crippen LogP contribution in [-0.2, 0) is 9.53 Å². The van der Waals surface area contributed by atoms with Crippen molar-refractivity contribution >= 4 is 12.0 Å². The van der Waals surface area contributed by atoms with Crippen LogP contribution in [0.25, 0.3) is 6.08 Å². The van der Waals surface area contributed by atoms with E-state index in [0.29, 0.717) is 0 Å². The number of ether oxygens (including phenoxy) is 1. The molecule has 0 aliphatic carbocycles. The molecule has 1 aliphatic heterocycles. The Morgan fingerprint density at radius 2 is 1.81 bits per heavy atom. The Labute approximate surface area is 155 Å². The number of hydrogen-bond acceptors (Lipinski definition) is 2. The molecule has 1 aliphatic rings. The van der Waals surface area contributed by atoms with E-state index in [1.807, 2.05) is 48.5 Å². The van der Waals surface area contributed by atoms with Crippen LogP contribution in [0.1, 0.15) is 22.7 Å². The summed E-state index contributed by atoms with van der Waals surface area (Å²) in [6.45, 7) is 6.48. The Kier molecular flexibility index (Phi) is 6.58. The number of hydrogen-bond donors (Lipinski definition) is 2. The van der Waals surface area contributed by atoms with Crippen molar-refractivity contribution in [1.82, 2.24) is 5.32 Å². The fraction of sp³-hybridized carbons (Fsp3) is 0.318. The minimum Gasteiger partial charge on any atom is -0.370 e. The monoisotopic (exact) mass is 351 g/mol. The van der Waals surface area contributed by atoms with Crippen LogP contribution in [-0.4, -0.2) is 38.8 Å². The maximum Gasteiger partial charge on any atom is 0.244 e. The Bertz CT molecular complexity index is 720. The molecule has 2 aromatic rings. The Hall–Kier alpha value is -2.43. The summed E-state index contributed by atoms with van der Waals surface area (Å²) in [7, 11) is 0. The molecule has 4 nitrogen and oxygen atoms in total. The lowest BCUT2D eigenvalue weighted by molar-refractivity contribution is -0.909. The van der Waals surface area contributed by atoms with Crippen LogP contribution in [0.3, 0.4) is 0 Å². The number of amides is 1. The van der Waals surface area contributed by atoms with E-state index in [4.69, 9.17) is 4.74 Å². The zero-order valence-corrected chi connectivity index (χ0v) is 15.3. The van der Waals surface area contributed by atoms with Gasteiger partial charge in [-0.25, -0.2) is 0 Å². The fourth-order valence-corrected chi connectivity index (χ4v) is 3.16. The normalized spacial score (nSPS) is 16.5. The first kappa shape index (κ1) is 18.4. The van der Waals surface area contributed by atoms with Gasteiger partial charge in [-0.05, 0) is 24.1 Å². The van der Waals surface area contributed by atoms with Crippen molar-refractivity contribution in [3.05, 3.63) is 77.4 Å². The van der Waals surface area contributed by atoms with Crippen LogP contribution in [0.4, 0.5) is 0 Å². The highest BCUT2D eigenvalue weighted by Gasteiger charge is 2.22. The van der Waals surface area contributed by atoms with Gasteiger partial charge in [0.2, 0.25) is 5.91 Å². The molecule has 26 heavy (non-hydrogen) atoms. The van der Waals surface area contributed by atoms with Crippen molar-refractivity contribution in [2.45, 2.75) is 13.0 Å². The molecular weight excluding hydrogens is 324 g/mol. The lowest BCUT2D eigenvalue weighted by Gasteiger charge is -2.28. The third-order valence-electron chi connectivity index (χ3n) is 4.72. The molecule has 2 aromatic carbocycles. The van der Waals surface area contributed by atoms with Crippen LogP contribution >= 0.6 is 0 Å². The summed E-state index contributed by atoms with van der Waals surface area (Å²) in [5.74, 6) is -0.0629. The lowest BCUT2D eigenvalue weighted by atomic mass is 10.1. The number of carbonyl (C=O) groups is 1. The summed E-state index contributed by atoms with van der Waals surface area (Å²) in [6, 6.07) is 18.3. The van der Waals surface area contributed by atoms with Gasteiger partial charge in [0.05, 0.1) is 13.2 Å². The molecule has 0 aromatic heterocycles. The number of aryl methyl sites for hydroxylation is 1. The first-order chi connectivity index (χ1) is 12.7. The van der Waals surface area contributed by atoms with E-state index < -0.39 is 0 Å². The van der Waals surface area contributed by atoms with Crippen LogP contribution in [0.5, 0.6) is 0 Å². The topological polar surface area (TPSA) is 42.8 Å². The highest BCUT2D eigenvalue weighted by Crippen LogP contribution is 2.11. The standard InChI is InChI=1S/C22H26N2O2/c1-18-7-9-19(10-8-18)11-12-22(25)23-21(20-5-3-2-4-6-20)17-24-13-15-26-16-14-24/h2-12,21H,13-17H2,1H3,(H,23,25)/p+1/b12-11+/t21-/m0/s1. The average Bonchev–Trinajstić information content (AvgIpc) is 2.68. The maximum atomic E-state index is 12.5. The molecule has 0 spiro atoms. The summed E-state index contributed by atoms with van der Waals surface area (Å²) in [5, 5.41) is 3.17. The van der Waals surface area contributed by atoms with Gasteiger partial charge in [-0.3, -0.25) is 4.79 Å². The molecule has 136 valence electrons. The van der Waals surface area contributed by atoms with E-state index in [0.717, 1.165) is 44.0 Å². The average molecular weight is 351 g/mol. The smallest absolute Gasteiger partial charge is 0.244 e. The number of carbonyl (C=O) groups excluding carboxylic acids is 1. The SMILES string of the molecule is Cc1ccc(/C=C/C(=O)N[C@@H](C[NH+]2CCOCC2)c2ccccc2)cc1. The molecule has 2 N–H and O–H groups in total. The van der Waals surface area contributed by atoms with E-state index in [2.05, 4.69) is 24.4 Å². The molecule has 4 heteroatoms. The molecule has 1 saturated heterocycles. The van der Waals surface area contributed by atoms with Crippen molar-refractivity contribution in [3.63, 3.8) is 0 Å². The Morgan fingerprint density at radius 3 is 2.50 bits per heavy atom. The minimum atomic E-state index is -0.0629. The summed E-state index contributed by atoms with van der Waals surface area (Å²) in [5.41, 5.74) is 3.38. The van der Waals surface area contributed by atoms with E-state index in [-0.39, 0.29) is 11.9 Å². The van der Waals surface area contributed by atoms with Crippen LogP contribution in [0.2, 0.25) is 0 Å². The second-order valence-corrected chi connectivity index (χ2v) is 6.78. The van der Waals surface area contributed by atoms with E-state index in [9.17, 15) is 4.79 Å². The third-order valence-corrected chi connectivity index (χ3v) is 4.72. The molecule has 3 rings (SSSR count). The first-order valence-electron chi connectivity index (χ1n) is 9.22. The highest BCUT2D eigenvalue weighted by molar-refractivity contribution is 5.92. The fourth-order valence-electron chi connectivity index (χ4n) is 3.16. The largest absolute Gasteiger partial charge is 0.370 e. The predicted molar refractivity (Wildman–Crippen MR) is 104 cm³/mol. The predicted octanol–water partition coefficient (Wildman–Crippen LogP) is 1.78. The molecular formula is C22H27N2O2+. The molecule has 1 atom stereocenters. The van der Waals surface area contributed by atoms with Crippen molar-refractivity contribution in [1.29, 1.82) is 0 Å². The molecule has 1 heterocycles. The van der Waals surface area contributed by atoms with E-state index in [1.165, 1.54) is 10.5 Å². The van der Waals surface area contributed by atoms with Gasteiger partial charge < -0.3 is 15.0 Å². The summed E-state index contributed by atoms with van der Waals surface area (Å²) in [4.78, 5) is 13.9. The van der Waals surface area contributed by atoms with Gasteiger partial charge in [-0.15, -0.1) is 0 Å². The third kappa shape index (κ3) is 5.55. The Balaban J connectivity index is 1.66. The highest BCUT2D eigenvalue weighted by atomic mass is 16.5. The van der Waals surface area contributed by atoms with Gasteiger partial charge in [0.15, 0.2) is 0 Å². The van der Waals surface area contributed by atoms with E-state index >= 15 is 0 Å². The quantitative estimate of drug-likeness (QED) is 0.779. The van der Waals surface area contributed by atoms with Gasteiger partial charge in [-0.1, -0.05) is 60.2 Å². The van der Waals surface area contributed by atoms with Crippen molar-refractivity contribution in [2.75, 3.05) is 32.8 Å². The van der Waals surface area contributed by atoms with Crippen molar-refractivity contribution in [2.24, 2.45) is 0 Å². The second kappa shape index (κ2) is 9.32. The van der Waals surface area contributed by atoms with Crippen molar-refractivity contribution < 1.29 is 14.4 Å². The lowest BCUT2D eigenvalue weighted by Crippen LogP contribution is -3.14. The Morgan fingerprint density at radius 1 is 1.12 bits per heavy atom. The first-order valence-corrected chi connectivity index (χ1v) is 9.22. The molecule has 1 fully saturated rings. The van der Waals surface area contributed by atoms with Gasteiger partial charge in [0.1, 0.15) is 25.7 Å². The van der Waals surface area contributed by atoms with Gasteiger partial charge >= 0.3 is 0 Å². The second-order valence-electron chi connectivity index (χ2n) is 6.78. The summed E-state index contributed by atoms with van der Waals surface area (Å²) >= 11 is 0. The van der Waals surface area contributed by atoms with Crippen LogP contribution < -0.4 is 10.2 Å². The van der Waals surface area contributed by atoms with Crippen molar-refractivity contribution in [3.8, 4) is 0 Å². The van der Waals surface area contributed by atoms with Crippen LogP contribution in [0, 0.1) is 6.92 Å². The number of nitrogens with one attached hydrogen (secondary N) is 2.